The fourth-order valence-electron chi connectivity index (χ4n) is 1.43. The van der Waals surface area contributed by atoms with Crippen LogP contribution in [-0.4, -0.2) is 16.5 Å². The van der Waals surface area contributed by atoms with E-state index in [9.17, 15) is 0 Å². The maximum atomic E-state index is 5.59. The van der Waals surface area contributed by atoms with Crippen LogP contribution in [0.15, 0.2) is 23.8 Å². The van der Waals surface area contributed by atoms with Gasteiger partial charge < -0.3 is 10.7 Å². The Bertz CT molecular complexity index is 405. The smallest absolute Gasteiger partial charge is 0.125 e. The Morgan fingerprint density at radius 2 is 2.47 bits per heavy atom. The lowest BCUT2D eigenvalue weighted by atomic mass is 10.1. The highest BCUT2D eigenvalue weighted by Crippen LogP contribution is 2.23. The lowest BCUT2D eigenvalue weighted by Crippen LogP contribution is -2.13. The number of hydrogen-bond acceptors (Lipinski definition) is 3. The Hall–Kier alpha value is -1.13. The van der Waals surface area contributed by atoms with Gasteiger partial charge in [-0.05, 0) is 24.9 Å². The largest absolute Gasteiger partial charge is 0.367 e. The second kappa shape index (κ2) is 4.59. The summed E-state index contributed by atoms with van der Waals surface area (Å²) in [5.41, 5.74) is 7.90. The number of nitrogens with two attached hydrogens (primary N) is 1. The number of nitrogens with one attached hydrogen (secondary N) is 1. The van der Waals surface area contributed by atoms with Crippen LogP contribution in [0, 0.1) is 5.92 Å². The molecule has 0 radical (unpaired) electrons. The molecule has 3 nitrogen and oxygen atoms in total. The highest BCUT2D eigenvalue weighted by atomic mass is 32.1. The number of aromatic amines is 1. The first kappa shape index (κ1) is 10.4. The summed E-state index contributed by atoms with van der Waals surface area (Å²) in [6.07, 6.45) is 4.85. The van der Waals surface area contributed by atoms with Crippen molar-refractivity contribution < 1.29 is 0 Å². The van der Waals surface area contributed by atoms with E-state index < -0.39 is 0 Å². The van der Waals surface area contributed by atoms with Gasteiger partial charge >= 0.3 is 0 Å². The maximum Gasteiger partial charge on any atom is 0.125 e. The van der Waals surface area contributed by atoms with E-state index in [0.29, 0.717) is 5.92 Å². The van der Waals surface area contributed by atoms with E-state index in [2.05, 4.69) is 22.3 Å². The molecule has 0 aromatic carbocycles. The summed E-state index contributed by atoms with van der Waals surface area (Å²) in [5, 5.41) is 3.20. The first-order valence-corrected chi connectivity index (χ1v) is 5.95. The zero-order chi connectivity index (χ0) is 10.7. The van der Waals surface area contributed by atoms with Crippen molar-refractivity contribution in [2.45, 2.75) is 13.3 Å². The van der Waals surface area contributed by atoms with Crippen LogP contribution < -0.4 is 5.73 Å². The van der Waals surface area contributed by atoms with E-state index in [1.54, 1.807) is 11.3 Å². The monoisotopic (exact) mass is 221 g/mol. The summed E-state index contributed by atoms with van der Waals surface area (Å²) >= 11 is 1.69. The molecular weight excluding hydrogens is 206 g/mol. The van der Waals surface area contributed by atoms with Crippen LogP contribution >= 0.6 is 11.3 Å². The Labute approximate surface area is 93.4 Å². The van der Waals surface area contributed by atoms with Gasteiger partial charge in [-0.15, -0.1) is 11.3 Å². The summed E-state index contributed by atoms with van der Waals surface area (Å²) in [5.74, 6) is 0.506. The van der Waals surface area contributed by atoms with Crippen molar-refractivity contribution in [2.24, 2.45) is 11.7 Å². The van der Waals surface area contributed by atoms with Crippen molar-refractivity contribution in [3.8, 4) is 10.6 Å². The zero-order valence-corrected chi connectivity index (χ0v) is 9.55. The van der Waals surface area contributed by atoms with Crippen LogP contribution in [0.1, 0.15) is 12.6 Å². The minimum absolute atomic E-state index is 0.506. The van der Waals surface area contributed by atoms with Crippen LogP contribution in [0.25, 0.3) is 10.6 Å². The summed E-state index contributed by atoms with van der Waals surface area (Å²) in [7, 11) is 0. The Morgan fingerprint density at radius 1 is 1.60 bits per heavy atom. The topological polar surface area (TPSA) is 54.7 Å². The molecule has 2 aromatic heterocycles. The summed E-state index contributed by atoms with van der Waals surface area (Å²) < 4.78 is 0. The number of H-pyrrole nitrogens is 1. The van der Waals surface area contributed by atoms with Crippen molar-refractivity contribution in [3.63, 3.8) is 0 Å². The predicted molar refractivity (Wildman–Crippen MR) is 63.8 cm³/mol. The van der Waals surface area contributed by atoms with Gasteiger partial charge in [-0.2, -0.15) is 0 Å². The molecule has 2 aromatic rings. The maximum absolute atomic E-state index is 5.59. The van der Waals surface area contributed by atoms with Crippen LogP contribution in [-0.2, 0) is 6.42 Å². The average molecular weight is 221 g/mol. The van der Waals surface area contributed by atoms with Gasteiger partial charge in [0.05, 0.1) is 5.69 Å². The number of nitrogens with zero attached hydrogens (tertiary/aromatic N) is 1. The van der Waals surface area contributed by atoms with Crippen LogP contribution in [0.4, 0.5) is 0 Å². The van der Waals surface area contributed by atoms with Crippen molar-refractivity contribution in [1.29, 1.82) is 0 Å². The molecule has 2 heterocycles. The molecule has 0 spiro atoms. The first-order valence-electron chi connectivity index (χ1n) is 5.07. The molecule has 80 valence electrons. The minimum atomic E-state index is 0.506. The number of hydrogen-bond donors (Lipinski definition) is 2. The average Bonchev–Trinajstić information content (AvgIpc) is 2.85. The van der Waals surface area contributed by atoms with Gasteiger partial charge in [-0.25, -0.2) is 4.98 Å². The van der Waals surface area contributed by atoms with E-state index in [4.69, 9.17) is 5.73 Å². The third-order valence-corrected chi connectivity index (χ3v) is 3.30. The fraction of sp³-hybridized carbons (Fsp3) is 0.364. The van der Waals surface area contributed by atoms with E-state index in [-0.39, 0.29) is 0 Å². The van der Waals surface area contributed by atoms with Gasteiger partial charge in [0.15, 0.2) is 0 Å². The molecule has 1 unspecified atom stereocenters. The molecule has 2 rings (SSSR count). The molecule has 0 aliphatic rings. The summed E-state index contributed by atoms with van der Waals surface area (Å²) in [4.78, 5) is 7.62. The molecule has 0 aliphatic carbocycles. The molecule has 0 bridgehead atoms. The molecule has 15 heavy (non-hydrogen) atoms. The van der Waals surface area contributed by atoms with Gasteiger partial charge in [0.25, 0.3) is 0 Å². The predicted octanol–water partition coefficient (Wildman–Crippen LogP) is 2.28. The van der Waals surface area contributed by atoms with Crippen molar-refractivity contribution >= 4 is 11.3 Å². The number of aromatic nitrogens is 2. The molecule has 0 amide bonds. The summed E-state index contributed by atoms with van der Waals surface area (Å²) in [6.45, 7) is 2.87. The number of rotatable bonds is 4. The Morgan fingerprint density at radius 3 is 3.13 bits per heavy atom. The van der Waals surface area contributed by atoms with Gasteiger partial charge in [0, 0.05) is 23.3 Å². The van der Waals surface area contributed by atoms with Crippen molar-refractivity contribution in [1.82, 2.24) is 9.97 Å². The fourth-order valence-corrected chi connectivity index (χ4v) is 2.26. The Kier molecular flexibility index (Phi) is 3.18. The van der Waals surface area contributed by atoms with E-state index >= 15 is 0 Å². The molecule has 0 saturated heterocycles. The lowest BCUT2D eigenvalue weighted by Gasteiger charge is -2.03. The van der Waals surface area contributed by atoms with Gasteiger partial charge in [0.2, 0.25) is 0 Å². The molecule has 0 aliphatic heterocycles. The molecular formula is C11H15N3S. The molecule has 4 heteroatoms. The van der Waals surface area contributed by atoms with E-state index in [1.165, 1.54) is 0 Å². The third kappa shape index (κ3) is 2.46. The normalized spacial score (nSPS) is 12.9. The van der Waals surface area contributed by atoms with Gasteiger partial charge in [-0.3, -0.25) is 0 Å². The van der Waals surface area contributed by atoms with Crippen molar-refractivity contribution in [2.75, 3.05) is 6.54 Å². The molecule has 1 atom stereocenters. The molecule has 3 N–H and O–H groups in total. The van der Waals surface area contributed by atoms with E-state index in [0.717, 1.165) is 29.2 Å². The van der Waals surface area contributed by atoms with Crippen molar-refractivity contribution in [3.05, 3.63) is 29.5 Å². The third-order valence-electron chi connectivity index (χ3n) is 2.36. The summed E-state index contributed by atoms with van der Waals surface area (Å²) in [6, 6.07) is 2.04. The highest BCUT2D eigenvalue weighted by Gasteiger charge is 2.07. The quantitative estimate of drug-likeness (QED) is 0.832. The SMILES string of the molecule is CC(CN)Cc1csc(-c2cc[nH]c2)n1. The molecule has 0 saturated carbocycles. The van der Waals surface area contributed by atoms with E-state index in [1.807, 2.05) is 18.5 Å². The van der Waals surface area contributed by atoms with Crippen LogP contribution in [0.5, 0.6) is 0 Å². The molecule has 0 fully saturated rings. The lowest BCUT2D eigenvalue weighted by molar-refractivity contribution is 0.586. The van der Waals surface area contributed by atoms with Crippen LogP contribution in [0.2, 0.25) is 0 Å². The second-order valence-corrected chi connectivity index (χ2v) is 4.65. The number of thiazole rings is 1. The van der Waals surface area contributed by atoms with Gasteiger partial charge in [-0.1, -0.05) is 6.92 Å². The van der Waals surface area contributed by atoms with Gasteiger partial charge in [0.1, 0.15) is 5.01 Å². The standard InChI is InChI=1S/C11H15N3S/c1-8(5-12)4-10-7-15-11(14-10)9-2-3-13-6-9/h2-3,6-8,13H,4-5,12H2,1H3. The van der Waals surface area contributed by atoms with Crippen LogP contribution in [0.3, 0.4) is 0 Å². The first-order chi connectivity index (χ1) is 7.29. The second-order valence-electron chi connectivity index (χ2n) is 3.79. The Balaban J connectivity index is 2.11. The minimum Gasteiger partial charge on any atom is -0.367 e. The highest BCUT2D eigenvalue weighted by molar-refractivity contribution is 7.13. The zero-order valence-electron chi connectivity index (χ0n) is 8.73.